The topological polar surface area (TPSA) is 52.7 Å². The van der Waals surface area contributed by atoms with Crippen molar-refractivity contribution < 1.29 is 9.59 Å². The van der Waals surface area contributed by atoms with E-state index in [1.165, 1.54) is 0 Å². The summed E-state index contributed by atoms with van der Waals surface area (Å²) in [4.78, 5) is 28.3. The summed E-state index contributed by atoms with van der Waals surface area (Å²) < 4.78 is 0. The van der Waals surface area contributed by atoms with Crippen LogP contribution in [0.4, 0.5) is 4.79 Å². The van der Waals surface area contributed by atoms with Crippen LogP contribution in [-0.2, 0) is 13.1 Å². The second-order valence-electron chi connectivity index (χ2n) is 6.94. The Labute approximate surface area is 154 Å². The molecule has 2 aromatic rings. The van der Waals surface area contributed by atoms with Crippen LogP contribution in [-0.4, -0.2) is 40.9 Å². The summed E-state index contributed by atoms with van der Waals surface area (Å²) in [5.74, 6) is -0.0714. The van der Waals surface area contributed by atoms with Crippen LogP contribution in [0.3, 0.4) is 0 Å². The van der Waals surface area contributed by atoms with Gasteiger partial charge in [0.05, 0.1) is 0 Å². The maximum atomic E-state index is 12.6. The summed E-state index contributed by atoms with van der Waals surface area (Å²) in [5.41, 5.74) is 2.81. The van der Waals surface area contributed by atoms with E-state index >= 15 is 0 Å². The molecule has 136 valence electrons. The van der Waals surface area contributed by atoms with E-state index in [9.17, 15) is 9.59 Å². The maximum absolute atomic E-state index is 12.6. The fraction of sp³-hybridized carbons (Fsp3) is 0.333. The molecule has 1 saturated heterocycles. The molecule has 3 amide bonds. The van der Waals surface area contributed by atoms with E-state index in [1.807, 2.05) is 78.2 Å². The van der Waals surface area contributed by atoms with Crippen molar-refractivity contribution >= 4 is 11.9 Å². The molecule has 0 saturated carbocycles. The van der Waals surface area contributed by atoms with Crippen LogP contribution >= 0.6 is 0 Å². The first-order valence-corrected chi connectivity index (χ1v) is 9.00. The van der Waals surface area contributed by atoms with Gasteiger partial charge in [0.15, 0.2) is 0 Å². The maximum Gasteiger partial charge on any atom is 0.320 e. The molecule has 1 aliphatic heterocycles. The zero-order chi connectivity index (χ0) is 18.5. The number of rotatable bonds is 6. The van der Waals surface area contributed by atoms with Gasteiger partial charge in [-0.3, -0.25) is 4.79 Å². The van der Waals surface area contributed by atoms with Crippen molar-refractivity contribution in [2.45, 2.75) is 33.0 Å². The average Bonchev–Trinajstić information content (AvgIpc) is 2.96. The highest BCUT2D eigenvalue weighted by molar-refractivity contribution is 5.94. The number of carbonyl (C=O) groups is 2. The normalized spacial score (nSPS) is 14.2. The Balaban J connectivity index is 1.57. The molecule has 5 nitrogen and oxygen atoms in total. The molecule has 2 aromatic carbocycles. The molecule has 0 radical (unpaired) electrons. The number of urea groups is 1. The highest BCUT2D eigenvalue weighted by Gasteiger charge is 2.28. The summed E-state index contributed by atoms with van der Waals surface area (Å²) in [6, 6.07) is 17.7. The molecule has 5 heteroatoms. The quantitative estimate of drug-likeness (QED) is 0.868. The average molecular weight is 351 g/mol. The number of hydrogen-bond donors (Lipinski definition) is 1. The minimum atomic E-state index is -0.0714. The van der Waals surface area contributed by atoms with E-state index in [1.54, 1.807) is 0 Å². The second-order valence-corrected chi connectivity index (χ2v) is 6.94. The summed E-state index contributed by atoms with van der Waals surface area (Å²) in [7, 11) is 0. The Bertz CT molecular complexity index is 757. The Hall–Kier alpha value is -2.82. The van der Waals surface area contributed by atoms with Crippen molar-refractivity contribution in [2.24, 2.45) is 0 Å². The largest absolute Gasteiger partial charge is 0.350 e. The van der Waals surface area contributed by atoms with Crippen LogP contribution in [0.15, 0.2) is 54.6 Å². The molecule has 1 heterocycles. The Morgan fingerprint density at radius 3 is 2.00 bits per heavy atom. The van der Waals surface area contributed by atoms with Crippen LogP contribution in [0.1, 0.15) is 35.3 Å². The molecule has 0 aliphatic carbocycles. The Morgan fingerprint density at radius 1 is 0.923 bits per heavy atom. The molecule has 0 unspecified atom stereocenters. The number of benzene rings is 2. The summed E-state index contributed by atoms with van der Waals surface area (Å²) >= 11 is 0. The molecule has 0 spiro atoms. The minimum Gasteiger partial charge on any atom is -0.350 e. The molecule has 1 N–H and O–H groups in total. The lowest BCUT2D eigenvalue weighted by atomic mass is 10.1. The lowest BCUT2D eigenvalue weighted by molar-refractivity contribution is 0.0943. The van der Waals surface area contributed by atoms with Crippen LogP contribution in [0.25, 0.3) is 0 Å². The predicted molar refractivity (Wildman–Crippen MR) is 102 cm³/mol. The monoisotopic (exact) mass is 351 g/mol. The van der Waals surface area contributed by atoms with Gasteiger partial charge in [-0.05, 0) is 37.1 Å². The van der Waals surface area contributed by atoms with E-state index in [2.05, 4.69) is 5.32 Å². The van der Waals surface area contributed by atoms with Crippen molar-refractivity contribution in [2.75, 3.05) is 13.1 Å². The predicted octanol–water partition coefficient (Wildman–Crippen LogP) is 3.26. The smallest absolute Gasteiger partial charge is 0.320 e. The van der Waals surface area contributed by atoms with Crippen LogP contribution in [0.5, 0.6) is 0 Å². The fourth-order valence-electron chi connectivity index (χ4n) is 3.06. The Morgan fingerprint density at radius 2 is 1.46 bits per heavy atom. The third-order valence-corrected chi connectivity index (χ3v) is 4.41. The van der Waals surface area contributed by atoms with Crippen molar-refractivity contribution in [1.82, 2.24) is 15.1 Å². The Kier molecular flexibility index (Phi) is 5.56. The second kappa shape index (κ2) is 8.04. The van der Waals surface area contributed by atoms with Gasteiger partial charge in [-0.1, -0.05) is 42.5 Å². The summed E-state index contributed by atoms with van der Waals surface area (Å²) in [5, 5.41) is 2.88. The standard InChI is InChI=1S/C21H25N3O2/c1-16(2)22-20(25)19-10-8-18(9-11-19)15-24-13-12-23(21(24)26)14-17-6-4-3-5-7-17/h3-11,16H,12-15H2,1-2H3,(H,22,25). The number of carbonyl (C=O) groups excluding carboxylic acids is 2. The van der Waals surface area contributed by atoms with Gasteiger partial charge in [0.1, 0.15) is 0 Å². The lowest BCUT2D eigenvalue weighted by Gasteiger charge is -2.19. The lowest BCUT2D eigenvalue weighted by Crippen LogP contribution is -2.31. The number of nitrogens with zero attached hydrogens (tertiary/aromatic N) is 2. The van der Waals surface area contributed by atoms with Crippen molar-refractivity contribution in [3.8, 4) is 0 Å². The molecule has 0 bridgehead atoms. The molecule has 0 atom stereocenters. The first kappa shape index (κ1) is 18.0. The van der Waals surface area contributed by atoms with Crippen LogP contribution in [0.2, 0.25) is 0 Å². The van der Waals surface area contributed by atoms with Gasteiger partial charge >= 0.3 is 6.03 Å². The number of amides is 3. The zero-order valence-electron chi connectivity index (χ0n) is 15.3. The van der Waals surface area contributed by atoms with Gasteiger partial charge in [-0.25, -0.2) is 4.79 Å². The molecular formula is C21H25N3O2. The molecule has 0 aromatic heterocycles. The van der Waals surface area contributed by atoms with E-state index in [0.717, 1.165) is 24.2 Å². The summed E-state index contributed by atoms with van der Waals surface area (Å²) in [6.07, 6.45) is 0. The third kappa shape index (κ3) is 4.42. The van der Waals surface area contributed by atoms with Gasteiger partial charge in [-0.15, -0.1) is 0 Å². The van der Waals surface area contributed by atoms with Gasteiger partial charge in [0.25, 0.3) is 5.91 Å². The first-order valence-electron chi connectivity index (χ1n) is 9.00. The van der Waals surface area contributed by atoms with E-state index in [-0.39, 0.29) is 18.0 Å². The van der Waals surface area contributed by atoms with Crippen LogP contribution < -0.4 is 5.32 Å². The van der Waals surface area contributed by atoms with Crippen LogP contribution in [0, 0.1) is 0 Å². The molecule has 26 heavy (non-hydrogen) atoms. The number of hydrogen-bond acceptors (Lipinski definition) is 2. The molecular weight excluding hydrogens is 326 g/mol. The molecule has 1 aliphatic rings. The van der Waals surface area contributed by atoms with Crippen molar-refractivity contribution in [1.29, 1.82) is 0 Å². The third-order valence-electron chi connectivity index (χ3n) is 4.41. The zero-order valence-corrected chi connectivity index (χ0v) is 15.3. The number of nitrogens with one attached hydrogen (secondary N) is 1. The summed E-state index contributed by atoms with van der Waals surface area (Å²) in [6.45, 7) is 6.55. The van der Waals surface area contributed by atoms with Gasteiger partial charge in [-0.2, -0.15) is 0 Å². The van der Waals surface area contributed by atoms with Crippen molar-refractivity contribution in [3.05, 3.63) is 71.3 Å². The van der Waals surface area contributed by atoms with E-state index in [4.69, 9.17) is 0 Å². The molecule has 1 fully saturated rings. The van der Waals surface area contributed by atoms with Crippen molar-refractivity contribution in [3.63, 3.8) is 0 Å². The van der Waals surface area contributed by atoms with E-state index in [0.29, 0.717) is 18.7 Å². The van der Waals surface area contributed by atoms with E-state index < -0.39 is 0 Å². The SMILES string of the molecule is CC(C)NC(=O)c1ccc(CN2CCN(Cc3ccccc3)C2=O)cc1. The highest BCUT2D eigenvalue weighted by Crippen LogP contribution is 2.16. The van der Waals surface area contributed by atoms with Gasteiger partial charge < -0.3 is 15.1 Å². The molecule has 3 rings (SSSR count). The van der Waals surface area contributed by atoms with Gasteiger partial charge in [0.2, 0.25) is 0 Å². The highest BCUT2D eigenvalue weighted by atomic mass is 16.2. The fourth-order valence-corrected chi connectivity index (χ4v) is 3.06. The van der Waals surface area contributed by atoms with Gasteiger partial charge in [0, 0.05) is 37.8 Å². The first-order chi connectivity index (χ1) is 12.5. The minimum absolute atomic E-state index is 0.0653.